The second-order valence-corrected chi connectivity index (χ2v) is 4.33. The van der Waals surface area contributed by atoms with Crippen LogP contribution in [0.15, 0.2) is 36.4 Å². The Balaban J connectivity index is 2.13. The maximum Gasteiger partial charge on any atom is 0.356 e. The average molecular weight is 257 g/mol. The van der Waals surface area contributed by atoms with Crippen molar-refractivity contribution in [1.29, 1.82) is 0 Å². The van der Waals surface area contributed by atoms with Gasteiger partial charge in [0.1, 0.15) is 5.82 Å². The van der Waals surface area contributed by atoms with Crippen molar-refractivity contribution in [3.05, 3.63) is 53.2 Å². The van der Waals surface area contributed by atoms with Crippen LogP contribution in [0.25, 0.3) is 0 Å². The molecule has 0 saturated heterocycles. The third kappa shape index (κ3) is 3.07. The summed E-state index contributed by atoms with van der Waals surface area (Å²) < 4.78 is 0. The van der Waals surface area contributed by atoms with Gasteiger partial charge in [-0.25, -0.2) is 4.79 Å². The van der Waals surface area contributed by atoms with Gasteiger partial charge in [0.25, 0.3) is 0 Å². The van der Waals surface area contributed by atoms with Crippen LogP contribution in [0.4, 0.5) is 5.82 Å². The van der Waals surface area contributed by atoms with E-state index in [2.05, 4.69) is 15.5 Å². The molecule has 1 atom stereocenters. The zero-order chi connectivity index (χ0) is 13.8. The number of benzene rings is 1. The predicted molar refractivity (Wildman–Crippen MR) is 72.2 cm³/mol. The van der Waals surface area contributed by atoms with Gasteiger partial charge in [-0.1, -0.05) is 24.3 Å². The monoisotopic (exact) mass is 257 g/mol. The number of carbonyl (C=O) groups is 1. The van der Waals surface area contributed by atoms with E-state index in [4.69, 9.17) is 5.11 Å². The number of anilines is 1. The number of nitrogens with one attached hydrogen (secondary N) is 1. The lowest BCUT2D eigenvalue weighted by Crippen LogP contribution is -2.11. The first-order valence-electron chi connectivity index (χ1n) is 5.97. The average Bonchev–Trinajstić information content (AvgIpc) is 2.39. The van der Waals surface area contributed by atoms with Crippen LogP contribution in [0, 0.1) is 6.92 Å². The number of rotatable bonds is 4. The maximum absolute atomic E-state index is 10.7. The Hall–Kier alpha value is -2.43. The molecule has 0 fully saturated rings. The van der Waals surface area contributed by atoms with Crippen molar-refractivity contribution in [2.75, 3.05) is 5.32 Å². The molecule has 98 valence electrons. The predicted octanol–water partition coefficient (Wildman–Crippen LogP) is 2.66. The van der Waals surface area contributed by atoms with Crippen molar-refractivity contribution < 1.29 is 9.90 Å². The smallest absolute Gasteiger partial charge is 0.356 e. The number of aromatic carboxylic acids is 1. The highest BCUT2D eigenvalue weighted by atomic mass is 16.4. The summed E-state index contributed by atoms with van der Waals surface area (Å²) >= 11 is 0. The molecule has 5 heteroatoms. The van der Waals surface area contributed by atoms with Crippen molar-refractivity contribution in [1.82, 2.24) is 10.2 Å². The first kappa shape index (κ1) is 13.0. The molecule has 0 radical (unpaired) electrons. The third-order valence-corrected chi connectivity index (χ3v) is 2.90. The zero-order valence-electron chi connectivity index (χ0n) is 10.8. The Morgan fingerprint density at radius 2 is 1.95 bits per heavy atom. The standard InChI is InChI=1S/C14H15N3O2/c1-9-5-3-4-6-11(9)10(2)15-13-8-7-12(14(18)19)16-17-13/h3-8,10H,1-2H3,(H,15,17)(H,18,19). The van der Waals surface area contributed by atoms with Gasteiger partial charge in [-0.3, -0.25) is 0 Å². The molecule has 0 aliphatic carbocycles. The summed E-state index contributed by atoms with van der Waals surface area (Å²) in [6, 6.07) is 11.2. The Bertz CT molecular complexity index is 581. The first-order chi connectivity index (χ1) is 9.08. The van der Waals surface area contributed by atoms with Gasteiger partial charge in [-0.15, -0.1) is 10.2 Å². The summed E-state index contributed by atoms with van der Waals surface area (Å²) in [5, 5.41) is 19.4. The van der Waals surface area contributed by atoms with Gasteiger partial charge in [0.15, 0.2) is 5.69 Å². The minimum atomic E-state index is -1.08. The minimum Gasteiger partial charge on any atom is -0.476 e. The van der Waals surface area contributed by atoms with Crippen molar-refractivity contribution >= 4 is 11.8 Å². The van der Waals surface area contributed by atoms with E-state index in [1.54, 1.807) is 6.07 Å². The summed E-state index contributed by atoms with van der Waals surface area (Å²) in [4.78, 5) is 10.7. The molecule has 1 heterocycles. The number of hydrogen-bond donors (Lipinski definition) is 2. The topological polar surface area (TPSA) is 75.1 Å². The van der Waals surface area contributed by atoms with Crippen LogP contribution >= 0.6 is 0 Å². The van der Waals surface area contributed by atoms with Gasteiger partial charge in [0.05, 0.1) is 6.04 Å². The highest BCUT2D eigenvalue weighted by molar-refractivity contribution is 5.85. The highest BCUT2D eigenvalue weighted by Crippen LogP contribution is 2.20. The van der Waals surface area contributed by atoms with E-state index < -0.39 is 5.97 Å². The fourth-order valence-corrected chi connectivity index (χ4v) is 1.90. The van der Waals surface area contributed by atoms with Crippen LogP contribution in [0.2, 0.25) is 0 Å². The molecule has 0 amide bonds. The number of nitrogens with zero attached hydrogens (tertiary/aromatic N) is 2. The summed E-state index contributed by atoms with van der Waals surface area (Å²) in [7, 11) is 0. The quantitative estimate of drug-likeness (QED) is 0.880. The van der Waals surface area contributed by atoms with E-state index in [1.807, 2.05) is 38.1 Å². The Morgan fingerprint density at radius 3 is 2.53 bits per heavy atom. The molecule has 0 spiro atoms. The summed E-state index contributed by atoms with van der Waals surface area (Å²) in [6.07, 6.45) is 0. The zero-order valence-corrected chi connectivity index (χ0v) is 10.8. The Labute approximate surface area is 111 Å². The van der Waals surface area contributed by atoms with E-state index in [9.17, 15) is 4.79 Å². The van der Waals surface area contributed by atoms with Crippen molar-refractivity contribution in [3.63, 3.8) is 0 Å². The molecule has 5 nitrogen and oxygen atoms in total. The lowest BCUT2D eigenvalue weighted by molar-refractivity contribution is 0.0689. The number of carboxylic acid groups (broad SMARTS) is 1. The van der Waals surface area contributed by atoms with E-state index >= 15 is 0 Å². The van der Waals surface area contributed by atoms with Gasteiger partial charge in [-0.2, -0.15) is 0 Å². The second-order valence-electron chi connectivity index (χ2n) is 4.33. The molecule has 1 aromatic heterocycles. The van der Waals surface area contributed by atoms with Crippen molar-refractivity contribution in [2.24, 2.45) is 0 Å². The van der Waals surface area contributed by atoms with Crippen LogP contribution in [0.3, 0.4) is 0 Å². The molecule has 19 heavy (non-hydrogen) atoms. The maximum atomic E-state index is 10.7. The Kier molecular flexibility index (Phi) is 3.75. The van der Waals surface area contributed by atoms with Crippen LogP contribution in [0.5, 0.6) is 0 Å². The normalized spacial score (nSPS) is 11.9. The summed E-state index contributed by atoms with van der Waals surface area (Å²) in [5.74, 6) is -0.522. The SMILES string of the molecule is Cc1ccccc1C(C)Nc1ccc(C(=O)O)nn1. The van der Waals surface area contributed by atoms with Gasteiger partial charge in [0, 0.05) is 0 Å². The van der Waals surface area contributed by atoms with Crippen LogP contribution in [-0.2, 0) is 0 Å². The van der Waals surface area contributed by atoms with Gasteiger partial charge in [-0.05, 0) is 37.1 Å². The summed E-state index contributed by atoms with van der Waals surface area (Å²) in [6.45, 7) is 4.07. The van der Waals surface area contributed by atoms with Crippen molar-refractivity contribution in [2.45, 2.75) is 19.9 Å². The number of aryl methyl sites for hydroxylation is 1. The second kappa shape index (κ2) is 5.48. The molecule has 2 rings (SSSR count). The lowest BCUT2D eigenvalue weighted by atomic mass is 10.0. The van der Waals surface area contributed by atoms with Crippen LogP contribution < -0.4 is 5.32 Å². The van der Waals surface area contributed by atoms with Crippen molar-refractivity contribution in [3.8, 4) is 0 Å². The molecule has 1 aromatic carbocycles. The van der Waals surface area contributed by atoms with E-state index in [1.165, 1.54) is 17.2 Å². The lowest BCUT2D eigenvalue weighted by Gasteiger charge is -2.16. The molecular weight excluding hydrogens is 242 g/mol. The van der Waals surface area contributed by atoms with Crippen LogP contribution in [-0.4, -0.2) is 21.3 Å². The third-order valence-electron chi connectivity index (χ3n) is 2.90. The molecular formula is C14H15N3O2. The molecule has 0 bridgehead atoms. The largest absolute Gasteiger partial charge is 0.476 e. The number of aromatic nitrogens is 2. The summed E-state index contributed by atoms with van der Waals surface area (Å²) in [5.41, 5.74) is 2.30. The van der Waals surface area contributed by atoms with E-state index in [0.717, 1.165) is 0 Å². The molecule has 2 N–H and O–H groups in total. The fourth-order valence-electron chi connectivity index (χ4n) is 1.90. The van der Waals surface area contributed by atoms with E-state index in [0.29, 0.717) is 5.82 Å². The number of carboxylic acids is 1. The number of hydrogen-bond acceptors (Lipinski definition) is 4. The van der Waals surface area contributed by atoms with Gasteiger partial charge in [0.2, 0.25) is 0 Å². The molecule has 0 aliphatic heterocycles. The molecule has 2 aromatic rings. The Morgan fingerprint density at radius 1 is 1.21 bits per heavy atom. The molecule has 0 aliphatic rings. The molecule has 1 unspecified atom stereocenters. The molecule has 0 saturated carbocycles. The first-order valence-corrected chi connectivity index (χ1v) is 5.97. The minimum absolute atomic E-state index is 0.0610. The van der Waals surface area contributed by atoms with Crippen LogP contribution in [0.1, 0.15) is 34.6 Å². The van der Waals surface area contributed by atoms with Gasteiger partial charge < -0.3 is 10.4 Å². The highest BCUT2D eigenvalue weighted by Gasteiger charge is 2.10. The van der Waals surface area contributed by atoms with E-state index in [-0.39, 0.29) is 11.7 Å². The van der Waals surface area contributed by atoms with Gasteiger partial charge >= 0.3 is 5.97 Å². The fraction of sp³-hybridized carbons (Fsp3) is 0.214.